The summed E-state index contributed by atoms with van der Waals surface area (Å²) in [4.78, 5) is 66.1. The van der Waals surface area contributed by atoms with Crippen LogP contribution in [0.25, 0.3) is 0 Å². The van der Waals surface area contributed by atoms with Crippen LogP contribution in [-0.4, -0.2) is 75.4 Å². The number of carboxylic acids is 1. The first-order valence-corrected chi connectivity index (χ1v) is 16.0. The van der Waals surface area contributed by atoms with Gasteiger partial charge in [0.25, 0.3) is 0 Å². The Hall–Kier alpha value is -5.23. The van der Waals surface area contributed by atoms with E-state index in [9.17, 15) is 34.2 Å². The molecule has 0 aromatic heterocycles. The number of benzene rings is 3. The summed E-state index contributed by atoms with van der Waals surface area (Å²) < 4.78 is 0. The summed E-state index contributed by atoms with van der Waals surface area (Å²) in [5.41, 5.74) is 9.65. The fourth-order valence-corrected chi connectivity index (χ4v) is 5.77. The van der Waals surface area contributed by atoms with Gasteiger partial charge in [-0.15, -0.1) is 0 Å². The number of nitrogens with two attached hydrogens (primary N) is 1. The number of rotatable bonds is 15. The Morgan fingerprint density at radius 1 is 0.833 bits per heavy atom. The van der Waals surface area contributed by atoms with Crippen LogP contribution in [0.5, 0.6) is 5.75 Å². The minimum Gasteiger partial charge on any atom is -0.508 e. The van der Waals surface area contributed by atoms with Crippen molar-refractivity contribution < 1.29 is 34.2 Å². The number of aromatic hydroxyl groups is 1. The fourth-order valence-electron chi connectivity index (χ4n) is 5.77. The van der Waals surface area contributed by atoms with Gasteiger partial charge in [0.1, 0.15) is 23.9 Å². The van der Waals surface area contributed by atoms with Gasteiger partial charge in [0.15, 0.2) is 0 Å². The number of carbonyl (C=O) groups is 5. The number of nitrogens with zero attached hydrogens (tertiary/aromatic N) is 1. The van der Waals surface area contributed by atoms with Crippen LogP contribution >= 0.6 is 0 Å². The van der Waals surface area contributed by atoms with Crippen LogP contribution in [0.15, 0.2) is 78.9 Å². The predicted octanol–water partition coefficient (Wildman–Crippen LogP) is 1.82. The van der Waals surface area contributed by atoms with Gasteiger partial charge in [-0.3, -0.25) is 19.2 Å². The zero-order valence-electron chi connectivity index (χ0n) is 26.9. The van der Waals surface area contributed by atoms with Crippen LogP contribution in [0, 0.1) is 0 Å². The standard InChI is InChI=1S/C36H43N5O7/c1-23(42)38-18-8-7-13-30(36(47)48)39-33(44)31(20-24-9-3-2-4-10-24)40-34(45)32-21-26-11-5-6-12-27(26)22-41(32)35(46)29(37)19-25-14-16-28(43)17-15-25/h2-6,9-12,14-17,29-32,43H,7-8,13,18-22,37H2,1H3,(H,38,42)(H,39,44)(H,40,45)(H,47,48)/t29-,30-,31-,32-/m0/s1. The van der Waals surface area contributed by atoms with Crippen molar-refractivity contribution in [3.05, 3.63) is 101 Å². The zero-order chi connectivity index (χ0) is 34.6. The van der Waals surface area contributed by atoms with Crippen molar-refractivity contribution in [2.45, 2.75) is 76.2 Å². The number of hydrogen-bond acceptors (Lipinski definition) is 7. The summed E-state index contributed by atoms with van der Waals surface area (Å²) in [6, 6.07) is 18.6. The number of phenols is 1. The smallest absolute Gasteiger partial charge is 0.326 e. The second-order valence-electron chi connectivity index (χ2n) is 12.1. The molecular formula is C36H43N5O7. The molecule has 1 heterocycles. The highest BCUT2D eigenvalue weighted by Crippen LogP contribution is 2.25. The van der Waals surface area contributed by atoms with E-state index in [1.54, 1.807) is 36.4 Å². The Morgan fingerprint density at radius 3 is 2.15 bits per heavy atom. The molecule has 48 heavy (non-hydrogen) atoms. The highest BCUT2D eigenvalue weighted by Gasteiger charge is 2.38. The molecule has 4 amide bonds. The Kier molecular flexibility index (Phi) is 12.7. The minimum absolute atomic E-state index is 0.0882. The van der Waals surface area contributed by atoms with Gasteiger partial charge < -0.3 is 36.8 Å². The quantitative estimate of drug-likeness (QED) is 0.133. The van der Waals surface area contributed by atoms with E-state index in [0.717, 1.165) is 22.3 Å². The SMILES string of the molecule is CC(=O)NCCCC[C@H](NC(=O)[C@H](Cc1ccccc1)NC(=O)[C@@H]1Cc2ccccc2CN1C(=O)[C@@H](N)Cc1ccc(O)cc1)C(=O)O. The van der Waals surface area contributed by atoms with Crippen LogP contribution in [0.4, 0.5) is 0 Å². The molecule has 0 saturated heterocycles. The Bertz CT molecular complexity index is 1580. The molecule has 0 saturated carbocycles. The number of aliphatic carboxylic acids is 1. The number of hydrogen-bond donors (Lipinski definition) is 6. The van der Waals surface area contributed by atoms with Crippen LogP contribution in [0.2, 0.25) is 0 Å². The van der Waals surface area contributed by atoms with Crippen molar-refractivity contribution in [2.75, 3.05) is 6.54 Å². The maximum absolute atomic E-state index is 14.1. The third kappa shape index (κ3) is 10.1. The normalized spacial score (nSPS) is 15.7. The van der Waals surface area contributed by atoms with Crippen molar-refractivity contribution in [3.8, 4) is 5.75 Å². The monoisotopic (exact) mass is 657 g/mol. The number of carbonyl (C=O) groups excluding carboxylic acids is 4. The van der Waals surface area contributed by atoms with Gasteiger partial charge in [-0.2, -0.15) is 0 Å². The average molecular weight is 658 g/mol. The van der Waals surface area contributed by atoms with E-state index in [1.165, 1.54) is 24.0 Å². The second-order valence-corrected chi connectivity index (χ2v) is 12.1. The van der Waals surface area contributed by atoms with Gasteiger partial charge in [0.05, 0.1) is 6.04 Å². The molecule has 1 aliphatic heterocycles. The van der Waals surface area contributed by atoms with Crippen molar-refractivity contribution in [1.29, 1.82) is 0 Å². The molecule has 7 N–H and O–H groups in total. The topological polar surface area (TPSA) is 191 Å². The number of amides is 4. The summed E-state index contributed by atoms with van der Waals surface area (Å²) in [6.07, 6.45) is 1.58. The first-order valence-electron chi connectivity index (χ1n) is 16.0. The van der Waals surface area contributed by atoms with E-state index < -0.39 is 47.9 Å². The molecule has 4 rings (SSSR count). The van der Waals surface area contributed by atoms with E-state index in [0.29, 0.717) is 19.4 Å². The second kappa shape index (κ2) is 17.1. The largest absolute Gasteiger partial charge is 0.508 e. The summed E-state index contributed by atoms with van der Waals surface area (Å²) >= 11 is 0. The van der Waals surface area contributed by atoms with E-state index in [4.69, 9.17) is 5.73 Å². The Balaban J connectivity index is 1.53. The van der Waals surface area contributed by atoms with Crippen LogP contribution in [-0.2, 0) is 49.8 Å². The lowest BCUT2D eigenvalue weighted by Gasteiger charge is -2.38. The molecule has 0 bridgehead atoms. The minimum atomic E-state index is -1.21. The lowest BCUT2D eigenvalue weighted by molar-refractivity contribution is -0.144. The van der Waals surface area contributed by atoms with Crippen LogP contribution in [0.3, 0.4) is 0 Å². The van der Waals surface area contributed by atoms with Gasteiger partial charge in [-0.05, 0) is 60.1 Å². The van der Waals surface area contributed by atoms with E-state index in [1.807, 2.05) is 30.3 Å². The molecule has 0 unspecified atom stereocenters. The molecule has 12 nitrogen and oxygen atoms in total. The van der Waals surface area contributed by atoms with Gasteiger partial charge in [-0.25, -0.2) is 4.79 Å². The van der Waals surface area contributed by atoms with Crippen molar-refractivity contribution in [2.24, 2.45) is 5.73 Å². The lowest BCUT2D eigenvalue weighted by atomic mass is 9.92. The molecule has 0 radical (unpaired) electrons. The number of unbranched alkanes of at least 4 members (excludes halogenated alkanes) is 1. The maximum Gasteiger partial charge on any atom is 0.326 e. The molecule has 3 aromatic rings. The summed E-state index contributed by atoms with van der Waals surface area (Å²) in [5.74, 6) is -2.97. The number of fused-ring (bicyclic) bond motifs is 1. The zero-order valence-corrected chi connectivity index (χ0v) is 26.9. The lowest BCUT2D eigenvalue weighted by Crippen LogP contribution is -2.60. The number of nitrogens with one attached hydrogen (secondary N) is 3. The average Bonchev–Trinajstić information content (AvgIpc) is 3.07. The van der Waals surface area contributed by atoms with E-state index in [2.05, 4.69) is 16.0 Å². The molecule has 0 spiro atoms. The third-order valence-corrected chi connectivity index (χ3v) is 8.37. The van der Waals surface area contributed by atoms with Crippen molar-refractivity contribution in [1.82, 2.24) is 20.9 Å². The fraction of sp³-hybridized carbons (Fsp3) is 0.361. The third-order valence-electron chi connectivity index (χ3n) is 8.37. The molecule has 3 aromatic carbocycles. The van der Waals surface area contributed by atoms with Crippen molar-refractivity contribution in [3.63, 3.8) is 0 Å². The first kappa shape index (κ1) is 35.6. The molecule has 0 fully saturated rings. The molecule has 0 aliphatic carbocycles. The highest BCUT2D eigenvalue weighted by atomic mass is 16.4. The molecule has 1 aliphatic rings. The summed E-state index contributed by atoms with van der Waals surface area (Å²) in [7, 11) is 0. The molecule has 12 heteroatoms. The molecule has 4 atom stereocenters. The number of phenolic OH excluding ortho intramolecular Hbond substituents is 1. The van der Waals surface area contributed by atoms with E-state index >= 15 is 0 Å². The summed E-state index contributed by atoms with van der Waals surface area (Å²) in [5, 5.41) is 27.5. The highest BCUT2D eigenvalue weighted by molar-refractivity contribution is 5.94. The van der Waals surface area contributed by atoms with Gasteiger partial charge in [-0.1, -0.05) is 66.7 Å². The van der Waals surface area contributed by atoms with E-state index in [-0.39, 0.29) is 43.9 Å². The molecular weight excluding hydrogens is 614 g/mol. The Morgan fingerprint density at radius 2 is 1.48 bits per heavy atom. The van der Waals surface area contributed by atoms with Crippen LogP contribution in [0.1, 0.15) is 48.4 Å². The van der Waals surface area contributed by atoms with Crippen molar-refractivity contribution >= 4 is 29.6 Å². The predicted molar refractivity (Wildman–Crippen MR) is 178 cm³/mol. The first-order chi connectivity index (χ1) is 23.0. The van der Waals surface area contributed by atoms with Gasteiger partial charge >= 0.3 is 5.97 Å². The Labute approximate surface area is 279 Å². The molecule has 254 valence electrons. The van der Waals surface area contributed by atoms with Gasteiger partial charge in [0, 0.05) is 32.9 Å². The van der Waals surface area contributed by atoms with Crippen LogP contribution < -0.4 is 21.7 Å². The summed E-state index contributed by atoms with van der Waals surface area (Å²) in [6.45, 7) is 1.93. The maximum atomic E-state index is 14.1. The number of carboxylic acid groups (broad SMARTS) is 1. The van der Waals surface area contributed by atoms with Gasteiger partial charge in [0.2, 0.25) is 23.6 Å².